The summed E-state index contributed by atoms with van der Waals surface area (Å²) in [6.45, 7) is 6.25. The lowest BCUT2D eigenvalue weighted by molar-refractivity contribution is -0.146. The molecule has 0 aromatic heterocycles. The van der Waals surface area contributed by atoms with Crippen LogP contribution < -0.4 is 0 Å². The molecule has 0 saturated carbocycles. The van der Waals surface area contributed by atoms with Crippen molar-refractivity contribution >= 4 is 12.1 Å². The third-order valence-electron chi connectivity index (χ3n) is 2.50. The fraction of sp³-hybridized carbons (Fsp3) is 0.636. The first-order chi connectivity index (χ1) is 7.54. The first-order valence-electron chi connectivity index (χ1n) is 5.24. The van der Waals surface area contributed by atoms with Gasteiger partial charge in [-0.15, -0.1) is 0 Å². The van der Waals surface area contributed by atoms with Crippen molar-refractivity contribution in [1.82, 2.24) is 4.90 Å². The van der Waals surface area contributed by atoms with Crippen molar-refractivity contribution in [2.75, 3.05) is 20.2 Å². The third-order valence-corrected chi connectivity index (χ3v) is 2.50. The fourth-order valence-electron chi connectivity index (χ4n) is 1.54. The van der Waals surface area contributed by atoms with E-state index in [1.54, 1.807) is 11.8 Å². The van der Waals surface area contributed by atoms with Gasteiger partial charge in [0.15, 0.2) is 0 Å². The number of hydrogen-bond acceptors (Lipinski definition) is 4. The molecule has 5 nitrogen and oxygen atoms in total. The van der Waals surface area contributed by atoms with Gasteiger partial charge in [-0.25, -0.2) is 9.59 Å². The average molecular weight is 227 g/mol. The van der Waals surface area contributed by atoms with Crippen molar-refractivity contribution in [3.05, 3.63) is 12.2 Å². The van der Waals surface area contributed by atoms with Gasteiger partial charge >= 0.3 is 12.1 Å². The van der Waals surface area contributed by atoms with E-state index in [9.17, 15) is 9.59 Å². The molecule has 1 amide bonds. The first kappa shape index (κ1) is 12.5. The molecule has 1 saturated heterocycles. The molecule has 0 bridgehead atoms. The van der Waals surface area contributed by atoms with E-state index >= 15 is 0 Å². The number of carbonyl (C=O) groups is 2. The SMILES string of the molecule is C=C(C)C(=O)OC1CCN(C(=O)OC)CC1. The molecule has 0 radical (unpaired) electrons. The maximum Gasteiger partial charge on any atom is 0.409 e. The first-order valence-corrected chi connectivity index (χ1v) is 5.24. The van der Waals surface area contributed by atoms with Crippen molar-refractivity contribution in [2.24, 2.45) is 0 Å². The summed E-state index contributed by atoms with van der Waals surface area (Å²) >= 11 is 0. The third kappa shape index (κ3) is 3.25. The molecule has 0 atom stereocenters. The Morgan fingerprint density at radius 3 is 2.31 bits per heavy atom. The van der Waals surface area contributed by atoms with Gasteiger partial charge in [0, 0.05) is 31.5 Å². The number of nitrogens with zero attached hydrogens (tertiary/aromatic N) is 1. The second-order valence-electron chi connectivity index (χ2n) is 3.84. The number of methoxy groups -OCH3 is 1. The summed E-state index contributed by atoms with van der Waals surface area (Å²) in [6, 6.07) is 0. The smallest absolute Gasteiger partial charge is 0.409 e. The highest BCUT2D eigenvalue weighted by Gasteiger charge is 2.25. The summed E-state index contributed by atoms with van der Waals surface area (Å²) < 4.78 is 9.81. The van der Waals surface area contributed by atoms with Gasteiger partial charge in [0.25, 0.3) is 0 Å². The van der Waals surface area contributed by atoms with Crippen LogP contribution >= 0.6 is 0 Å². The second kappa shape index (κ2) is 5.53. The number of carbonyl (C=O) groups excluding carboxylic acids is 2. The van der Waals surface area contributed by atoms with Crippen LogP contribution in [0.1, 0.15) is 19.8 Å². The molecule has 1 aliphatic heterocycles. The van der Waals surface area contributed by atoms with Gasteiger partial charge in [0.05, 0.1) is 7.11 Å². The molecule has 0 aromatic rings. The number of amides is 1. The minimum atomic E-state index is -0.364. The maximum atomic E-state index is 11.3. The molecule has 16 heavy (non-hydrogen) atoms. The Hall–Kier alpha value is -1.52. The molecule has 5 heteroatoms. The zero-order chi connectivity index (χ0) is 12.1. The van der Waals surface area contributed by atoms with Gasteiger partial charge in [-0.05, 0) is 6.92 Å². The highest BCUT2D eigenvalue weighted by Crippen LogP contribution is 2.15. The summed E-state index contributed by atoms with van der Waals surface area (Å²) in [5.74, 6) is -0.364. The van der Waals surface area contributed by atoms with Crippen LogP contribution in [0.4, 0.5) is 4.79 Å². The number of hydrogen-bond donors (Lipinski definition) is 0. The lowest BCUT2D eigenvalue weighted by Gasteiger charge is -2.30. The largest absolute Gasteiger partial charge is 0.459 e. The molecule has 0 N–H and O–H groups in total. The Kier molecular flexibility index (Phi) is 4.34. The number of piperidine rings is 1. The van der Waals surface area contributed by atoms with Crippen LogP contribution in [0.25, 0.3) is 0 Å². The lowest BCUT2D eigenvalue weighted by Crippen LogP contribution is -2.41. The Balaban J connectivity index is 2.35. The topological polar surface area (TPSA) is 55.8 Å². The Labute approximate surface area is 95.0 Å². The normalized spacial score (nSPS) is 16.8. The monoisotopic (exact) mass is 227 g/mol. The minimum Gasteiger partial charge on any atom is -0.459 e. The van der Waals surface area contributed by atoms with Crippen LogP contribution in [0, 0.1) is 0 Å². The number of esters is 1. The predicted octanol–water partition coefficient (Wildman–Crippen LogP) is 1.34. The van der Waals surface area contributed by atoms with Crippen molar-refractivity contribution in [3.63, 3.8) is 0 Å². The molecular formula is C11H17NO4. The van der Waals surface area contributed by atoms with Crippen molar-refractivity contribution < 1.29 is 19.1 Å². The number of rotatable bonds is 2. The van der Waals surface area contributed by atoms with Crippen LogP contribution in [0.2, 0.25) is 0 Å². The van der Waals surface area contributed by atoms with E-state index in [4.69, 9.17) is 4.74 Å². The molecule has 90 valence electrons. The summed E-state index contributed by atoms with van der Waals surface area (Å²) in [4.78, 5) is 24.0. The molecular weight excluding hydrogens is 210 g/mol. The summed E-state index contributed by atoms with van der Waals surface area (Å²) in [5, 5.41) is 0. The molecule has 0 unspecified atom stereocenters. The van der Waals surface area contributed by atoms with Gasteiger partial charge in [0.1, 0.15) is 6.10 Å². The van der Waals surface area contributed by atoms with Crippen molar-refractivity contribution in [1.29, 1.82) is 0 Å². The van der Waals surface area contributed by atoms with Gasteiger partial charge in [-0.3, -0.25) is 0 Å². The van der Waals surface area contributed by atoms with Crippen LogP contribution in [0.15, 0.2) is 12.2 Å². The molecule has 1 aliphatic rings. The van der Waals surface area contributed by atoms with E-state index in [1.807, 2.05) is 0 Å². The Morgan fingerprint density at radius 2 is 1.88 bits per heavy atom. The van der Waals surface area contributed by atoms with E-state index in [1.165, 1.54) is 7.11 Å². The van der Waals surface area contributed by atoms with E-state index in [0.29, 0.717) is 31.5 Å². The second-order valence-corrected chi connectivity index (χ2v) is 3.84. The highest BCUT2D eigenvalue weighted by molar-refractivity contribution is 5.87. The number of ether oxygens (including phenoxy) is 2. The molecule has 0 aliphatic carbocycles. The standard InChI is InChI=1S/C11H17NO4/c1-8(2)10(13)16-9-4-6-12(7-5-9)11(14)15-3/h9H,1,4-7H2,2-3H3. The van der Waals surface area contributed by atoms with Crippen LogP contribution in [0.3, 0.4) is 0 Å². The van der Waals surface area contributed by atoms with Gasteiger partial charge < -0.3 is 14.4 Å². The summed E-state index contributed by atoms with van der Waals surface area (Å²) in [6.07, 6.45) is 0.845. The van der Waals surface area contributed by atoms with E-state index in [0.717, 1.165) is 0 Å². The minimum absolute atomic E-state index is 0.120. The fourth-order valence-corrected chi connectivity index (χ4v) is 1.54. The number of likely N-dealkylation sites (tertiary alicyclic amines) is 1. The zero-order valence-electron chi connectivity index (χ0n) is 9.69. The molecule has 1 fully saturated rings. The predicted molar refractivity (Wildman–Crippen MR) is 57.9 cm³/mol. The van der Waals surface area contributed by atoms with E-state index in [-0.39, 0.29) is 18.2 Å². The zero-order valence-corrected chi connectivity index (χ0v) is 9.69. The van der Waals surface area contributed by atoms with Crippen LogP contribution in [0.5, 0.6) is 0 Å². The highest BCUT2D eigenvalue weighted by atomic mass is 16.5. The van der Waals surface area contributed by atoms with Crippen molar-refractivity contribution in [2.45, 2.75) is 25.9 Å². The maximum absolute atomic E-state index is 11.3. The quantitative estimate of drug-likeness (QED) is 0.527. The van der Waals surface area contributed by atoms with E-state index < -0.39 is 0 Å². The lowest BCUT2D eigenvalue weighted by atomic mass is 10.1. The van der Waals surface area contributed by atoms with Gasteiger partial charge in [0.2, 0.25) is 0 Å². The molecule has 1 heterocycles. The Morgan fingerprint density at radius 1 is 1.31 bits per heavy atom. The molecule has 1 rings (SSSR count). The molecule has 0 aromatic carbocycles. The molecule has 0 spiro atoms. The van der Waals surface area contributed by atoms with E-state index in [2.05, 4.69) is 11.3 Å². The van der Waals surface area contributed by atoms with Gasteiger partial charge in [-0.2, -0.15) is 0 Å². The van der Waals surface area contributed by atoms with Crippen LogP contribution in [-0.2, 0) is 14.3 Å². The summed E-state index contributed by atoms with van der Waals surface area (Å²) in [5.41, 5.74) is 0.399. The van der Waals surface area contributed by atoms with Crippen molar-refractivity contribution in [3.8, 4) is 0 Å². The van der Waals surface area contributed by atoms with Gasteiger partial charge in [-0.1, -0.05) is 6.58 Å². The van der Waals surface area contributed by atoms with Crippen LogP contribution in [-0.4, -0.2) is 43.3 Å². The Bertz CT molecular complexity index is 292. The summed E-state index contributed by atoms with van der Waals surface area (Å²) in [7, 11) is 1.36. The average Bonchev–Trinajstić information content (AvgIpc) is 2.28.